The van der Waals surface area contributed by atoms with Gasteiger partial charge in [0, 0.05) is 11.3 Å². The first kappa shape index (κ1) is 20.7. The number of nitrogens with two attached hydrogens (primary N) is 1. The van der Waals surface area contributed by atoms with Gasteiger partial charge >= 0.3 is 6.18 Å². The molecule has 0 radical (unpaired) electrons. The highest BCUT2D eigenvalue weighted by molar-refractivity contribution is 8.13. The Morgan fingerprint density at radius 3 is 2.21 bits per heavy atom. The first-order valence-corrected chi connectivity index (χ1v) is 9.72. The maximum atomic E-state index is 13.4. The predicted molar refractivity (Wildman–Crippen MR) is 114 cm³/mol. The van der Waals surface area contributed by atoms with Crippen LogP contribution in [0.2, 0.25) is 0 Å². The minimum absolute atomic E-state index is 0.0949. The van der Waals surface area contributed by atoms with E-state index in [0.29, 0.717) is 16.9 Å². The molecule has 7 heteroatoms. The van der Waals surface area contributed by atoms with Crippen molar-refractivity contribution in [2.24, 2.45) is 15.9 Å². The molecular formula is C22H18F3N3S. The molecular weight excluding hydrogens is 395 g/mol. The number of hydrogen-bond donors (Lipinski definition) is 1. The molecule has 29 heavy (non-hydrogen) atoms. The van der Waals surface area contributed by atoms with Crippen LogP contribution in [0.15, 0.2) is 89.1 Å². The van der Waals surface area contributed by atoms with E-state index in [1.165, 1.54) is 30.1 Å². The summed E-state index contributed by atoms with van der Waals surface area (Å²) in [4.78, 5) is 0. The molecule has 0 bridgehead atoms. The van der Waals surface area contributed by atoms with E-state index in [1.54, 1.807) is 30.3 Å². The van der Waals surface area contributed by atoms with Crippen molar-refractivity contribution in [2.75, 3.05) is 0 Å². The molecule has 148 valence electrons. The number of alkyl halides is 3. The molecule has 0 amide bonds. The summed E-state index contributed by atoms with van der Waals surface area (Å²) in [7, 11) is 0. The zero-order valence-electron chi connectivity index (χ0n) is 15.3. The molecule has 3 aromatic rings. The van der Waals surface area contributed by atoms with Gasteiger partial charge in [-0.25, -0.2) is 0 Å². The van der Waals surface area contributed by atoms with Crippen LogP contribution < -0.4 is 5.73 Å². The molecule has 3 nitrogen and oxygen atoms in total. The van der Waals surface area contributed by atoms with Gasteiger partial charge in [-0.15, -0.1) is 5.10 Å². The van der Waals surface area contributed by atoms with Crippen LogP contribution in [-0.4, -0.2) is 11.4 Å². The Morgan fingerprint density at radius 2 is 1.48 bits per heavy atom. The van der Waals surface area contributed by atoms with Crippen LogP contribution in [0.25, 0.3) is 11.1 Å². The highest BCUT2D eigenvalue weighted by Gasteiger charge is 2.33. The van der Waals surface area contributed by atoms with E-state index in [9.17, 15) is 13.2 Å². The highest BCUT2D eigenvalue weighted by Crippen LogP contribution is 2.37. The van der Waals surface area contributed by atoms with Gasteiger partial charge in [-0.2, -0.15) is 18.3 Å². The van der Waals surface area contributed by atoms with Crippen LogP contribution in [0.5, 0.6) is 0 Å². The first-order chi connectivity index (χ1) is 13.9. The topological polar surface area (TPSA) is 50.7 Å². The molecule has 2 N–H and O–H groups in total. The largest absolute Gasteiger partial charge is 0.417 e. The number of amidine groups is 1. The van der Waals surface area contributed by atoms with Gasteiger partial charge in [-0.1, -0.05) is 84.6 Å². The molecule has 0 fully saturated rings. The molecule has 0 saturated carbocycles. The fourth-order valence-electron chi connectivity index (χ4n) is 2.73. The number of thioether (sulfide) groups is 1. The maximum absolute atomic E-state index is 13.4. The van der Waals surface area contributed by atoms with Crippen molar-refractivity contribution in [3.63, 3.8) is 0 Å². The Hall–Kier alpha value is -3.06. The fourth-order valence-corrected chi connectivity index (χ4v) is 3.34. The van der Waals surface area contributed by atoms with Crippen LogP contribution in [0, 0.1) is 0 Å². The van der Waals surface area contributed by atoms with Crippen molar-refractivity contribution in [3.8, 4) is 11.1 Å². The van der Waals surface area contributed by atoms with Gasteiger partial charge < -0.3 is 5.73 Å². The molecule has 0 aliphatic heterocycles. The van der Waals surface area contributed by atoms with Crippen molar-refractivity contribution in [1.82, 2.24) is 0 Å². The second-order valence-corrected chi connectivity index (χ2v) is 7.08. The Labute approximate surface area is 171 Å². The van der Waals surface area contributed by atoms with Crippen LogP contribution in [0.3, 0.4) is 0 Å². The van der Waals surface area contributed by atoms with Gasteiger partial charge in [-0.3, -0.25) is 0 Å². The molecule has 0 aromatic heterocycles. The van der Waals surface area contributed by atoms with Crippen LogP contribution in [0.4, 0.5) is 13.2 Å². The third kappa shape index (κ3) is 5.71. The minimum atomic E-state index is -4.45. The van der Waals surface area contributed by atoms with Crippen LogP contribution in [0.1, 0.15) is 16.7 Å². The highest BCUT2D eigenvalue weighted by atomic mass is 32.2. The maximum Gasteiger partial charge on any atom is 0.417 e. The van der Waals surface area contributed by atoms with Gasteiger partial charge in [0.1, 0.15) is 0 Å². The standard InChI is InChI=1S/C22H18F3N3S/c23-22(24,25)20-13-7-6-12-19(20)18-11-5-4-10-17(18)14-27-28-21(26)29-15-16-8-2-1-3-9-16/h1-14H,15H2,(H2,26,28). The van der Waals surface area contributed by atoms with E-state index in [4.69, 9.17) is 5.73 Å². The zero-order chi connectivity index (χ0) is 20.7. The molecule has 0 aliphatic rings. The Bertz CT molecular complexity index is 1020. The molecule has 0 unspecified atom stereocenters. The SMILES string of the molecule is NC(=NN=Cc1ccccc1-c1ccccc1C(F)(F)F)SCc1ccccc1. The van der Waals surface area contributed by atoms with E-state index in [0.717, 1.165) is 11.6 Å². The van der Waals surface area contributed by atoms with Gasteiger partial charge in [0.25, 0.3) is 0 Å². The summed E-state index contributed by atoms with van der Waals surface area (Å²) in [6, 6.07) is 22.0. The van der Waals surface area contributed by atoms with Crippen LogP contribution in [-0.2, 0) is 11.9 Å². The van der Waals surface area contributed by atoms with E-state index in [-0.39, 0.29) is 10.7 Å². The summed E-state index contributed by atoms with van der Waals surface area (Å²) in [6.45, 7) is 0. The monoisotopic (exact) mass is 413 g/mol. The van der Waals surface area contributed by atoms with Crippen molar-refractivity contribution in [3.05, 3.63) is 95.6 Å². The lowest BCUT2D eigenvalue weighted by molar-refractivity contribution is -0.137. The van der Waals surface area contributed by atoms with E-state index in [1.807, 2.05) is 30.3 Å². The number of hydrogen-bond acceptors (Lipinski definition) is 3. The fraction of sp³-hybridized carbons (Fsp3) is 0.0909. The lowest BCUT2D eigenvalue weighted by Crippen LogP contribution is -2.07. The van der Waals surface area contributed by atoms with E-state index >= 15 is 0 Å². The quantitative estimate of drug-likeness (QED) is 0.319. The molecule has 3 rings (SSSR count). The third-order valence-electron chi connectivity index (χ3n) is 4.07. The number of rotatable bonds is 5. The van der Waals surface area contributed by atoms with Gasteiger partial charge in [0.05, 0.1) is 11.8 Å². The molecule has 0 atom stereocenters. The van der Waals surface area contributed by atoms with Gasteiger partial charge in [-0.05, 0) is 22.8 Å². The summed E-state index contributed by atoms with van der Waals surface area (Å²) in [5, 5.41) is 8.19. The lowest BCUT2D eigenvalue weighted by Gasteiger charge is -2.14. The molecule has 0 saturated heterocycles. The Morgan fingerprint density at radius 1 is 0.862 bits per heavy atom. The van der Waals surface area contributed by atoms with Crippen molar-refractivity contribution < 1.29 is 13.2 Å². The summed E-state index contributed by atoms with van der Waals surface area (Å²) < 4.78 is 40.1. The lowest BCUT2D eigenvalue weighted by atomic mass is 9.95. The molecule has 0 aliphatic carbocycles. The number of nitrogens with zero attached hydrogens (tertiary/aromatic N) is 2. The van der Waals surface area contributed by atoms with Gasteiger partial charge in [0.2, 0.25) is 0 Å². The van der Waals surface area contributed by atoms with Crippen molar-refractivity contribution in [1.29, 1.82) is 0 Å². The summed E-state index contributed by atoms with van der Waals surface area (Å²) in [5.74, 6) is 0.654. The Kier molecular flexibility index (Phi) is 6.72. The van der Waals surface area contributed by atoms with Crippen LogP contribution >= 0.6 is 11.8 Å². The zero-order valence-corrected chi connectivity index (χ0v) is 16.1. The normalized spacial score (nSPS) is 12.4. The van der Waals surface area contributed by atoms with E-state index < -0.39 is 11.7 Å². The third-order valence-corrected chi connectivity index (χ3v) is 4.92. The summed E-state index contributed by atoms with van der Waals surface area (Å²) in [5.41, 5.74) is 7.32. The average Bonchev–Trinajstić information content (AvgIpc) is 2.73. The minimum Gasteiger partial charge on any atom is -0.377 e. The van der Waals surface area contributed by atoms with Crippen molar-refractivity contribution in [2.45, 2.75) is 11.9 Å². The smallest absolute Gasteiger partial charge is 0.377 e. The first-order valence-electron chi connectivity index (χ1n) is 8.74. The number of benzene rings is 3. The summed E-state index contributed by atoms with van der Waals surface area (Å²) in [6.07, 6.45) is -3.03. The molecule has 0 spiro atoms. The number of halogens is 3. The summed E-state index contributed by atoms with van der Waals surface area (Å²) >= 11 is 1.34. The predicted octanol–water partition coefficient (Wildman–Crippen LogP) is 5.95. The second-order valence-electron chi connectivity index (χ2n) is 6.09. The van der Waals surface area contributed by atoms with Crippen molar-refractivity contribution >= 4 is 23.1 Å². The molecule has 3 aromatic carbocycles. The average molecular weight is 413 g/mol. The molecule has 0 heterocycles. The van der Waals surface area contributed by atoms with E-state index in [2.05, 4.69) is 10.2 Å². The van der Waals surface area contributed by atoms with Gasteiger partial charge in [0.15, 0.2) is 5.17 Å². The Balaban J connectivity index is 1.80. The second kappa shape index (κ2) is 9.43.